The fourth-order valence-electron chi connectivity index (χ4n) is 3.49. The van der Waals surface area contributed by atoms with Crippen molar-refractivity contribution in [3.05, 3.63) is 54.1 Å². The highest BCUT2D eigenvalue weighted by Crippen LogP contribution is 2.24. The zero-order valence-electron chi connectivity index (χ0n) is 17.6. The van der Waals surface area contributed by atoms with Crippen LogP contribution in [0.25, 0.3) is 11.1 Å². The largest absolute Gasteiger partial charge is 0.488 e. The molecule has 4 nitrogen and oxygen atoms in total. The maximum absolute atomic E-state index is 12.4. The molecule has 1 fully saturated rings. The second-order valence-corrected chi connectivity index (χ2v) is 7.77. The molecule has 156 valence electrons. The minimum Gasteiger partial charge on any atom is -0.488 e. The summed E-state index contributed by atoms with van der Waals surface area (Å²) >= 11 is 0. The minimum atomic E-state index is -0.248. The summed E-state index contributed by atoms with van der Waals surface area (Å²) in [5.74, 6) is 0.611. The van der Waals surface area contributed by atoms with Gasteiger partial charge in [0.25, 0.3) is 0 Å². The van der Waals surface area contributed by atoms with Gasteiger partial charge in [-0.25, -0.2) is 4.79 Å². The standard InChI is InChI=1S/C25H32O4/c1-3-4-5-6-7-19(2)28-25(26)22-10-8-20(9-11-22)21-12-14-23(15-13-21)29-24-16-17-27-18-24/h8-15,19,24H,3-7,16-18H2,1-2H3/t19-,24-/m1/s1. The van der Waals surface area contributed by atoms with Gasteiger partial charge in [0, 0.05) is 6.42 Å². The number of esters is 1. The molecule has 0 aliphatic carbocycles. The lowest BCUT2D eigenvalue weighted by molar-refractivity contribution is 0.0319. The van der Waals surface area contributed by atoms with Gasteiger partial charge in [0.05, 0.1) is 24.9 Å². The fourth-order valence-corrected chi connectivity index (χ4v) is 3.49. The topological polar surface area (TPSA) is 44.8 Å². The average molecular weight is 397 g/mol. The predicted molar refractivity (Wildman–Crippen MR) is 115 cm³/mol. The molecule has 1 aliphatic rings. The molecule has 0 amide bonds. The van der Waals surface area contributed by atoms with Crippen LogP contribution in [0, 0.1) is 0 Å². The van der Waals surface area contributed by atoms with Gasteiger partial charge >= 0.3 is 5.97 Å². The van der Waals surface area contributed by atoms with E-state index in [1.54, 1.807) is 0 Å². The van der Waals surface area contributed by atoms with E-state index in [1.165, 1.54) is 19.3 Å². The highest BCUT2D eigenvalue weighted by atomic mass is 16.5. The average Bonchev–Trinajstić information content (AvgIpc) is 3.25. The first kappa shape index (κ1) is 21.4. The lowest BCUT2D eigenvalue weighted by Gasteiger charge is -2.14. The molecule has 0 N–H and O–H groups in total. The van der Waals surface area contributed by atoms with E-state index >= 15 is 0 Å². The summed E-state index contributed by atoms with van der Waals surface area (Å²) in [4.78, 5) is 12.4. The van der Waals surface area contributed by atoms with E-state index in [0.29, 0.717) is 12.2 Å². The van der Waals surface area contributed by atoms with Crippen molar-refractivity contribution in [2.75, 3.05) is 13.2 Å². The van der Waals surface area contributed by atoms with E-state index < -0.39 is 0 Å². The highest BCUT2D eigenvalue weighted by Gasteiger charge is 2.17. The number of hydrogen-bond donors (Lipinski definition) is 0. The number of unbranched alkanes of at least 4 members (excludes halogenated alkanes) is 3. The van der Waals surface area contributed by atoms with Gasteiger partial charge in [-0.05, 0) is 55.2 Å². The number of carbonyl (C=O) groups excluding carboxylic acids is 1. The van der Waals surface area contributed by atoms with Crippen molar-refractivity contribution in [1.29, 1.82) is 0 Å². The van der Waals surface area contributed by atoms with E-state index in [-0.39, 0.29) is 18.2 Å². The Bertz CT molecular complexity index is 745. The summed E-state index contributed by atoms with van der Waals surface area (Å²) in [6.45, 7) is 5.60. The van der Waals surface area contributed by atoms with Crippen molar-refractivity contribution in [3.8, 4) is 16.9 Å². The Kier molecular flexibility index (Phi) is 8.12. The molecule has 0 unspecified atom stereocenters. The molecule has 0 spiro atoms. The number of carbonyl (C=O) groups is 1. The molecule has 2 aromatic carbocycles. The molecule has 29 heavy (non-hydrogen) atoms. The van der Waals surface area contributed by atoms with E-state index in [0.717, 1.165) is 42.7 Å². The molecule has 1 aliphatic heterocycles. The maximum atomic E-state index is 12.4. The smallest absolute Gasteiger partial charge is 0.338 e. The Balaban J connectivity index is 1.51. The van der Waals surface area contributed by atoms with Crippen molar-refractivity contribution in [3.63, 3.8) is 0 Å². The van der Waals surface area contributed by atoms with Crippen molar-refractivity contribution in [1.82, 2.24) is 0 Å². The van der Waals surface area contributed by atoms with Gasteiger partial charge in [-0.2, -0.15) is 0 Å². The molecular formula is C25H32O4. The lowest BCUT2D eigenvalue weighted by atomic mass is 10.0. The number of hydrogen-bond acceptors (Lipinski definition) is 4. The normalized spacial score (nSPS) is 17.1. The van der Waals surface area contributed by atoms with Gasteiger partial charge in [-0.3, -0.25) is 0 Å². The van der Waals surface area contributed by atoms with Crippen LogP contribution < -0.4 is 4.74 Å². The molecule has 4 heteroatoms. The van der Waals surface area contributed by atoms with Crippen LogP contribution in [0.3, 0.4) is 0 Å². The number of benzene rings is 2. The van der Waals surface area contributed by atoms with Crippen LogP contribution in [0.2, 0.25) is 0 Å². The molecular weight excluding hydrogens is 364 g/mol. The zero-order valence-corrected chi connectivity index (χ0v) is 17.6. The van der Waals surface area contributed by atoms with Crippen LogP contribution in [-0.2, 0) is 9.47 Å². The quantitative estimate of drug-likeness (QED) is 0.363. The van der Waals surface area contributed by atoms with Gasteiger partial charge in [-0.15, -0.1) is 0 Å². The third kappa shape index (κ3) is 6.60. The Hall–Kier alpha value is -2.33. The Morgan fingerprint density at radius 3 is 2.34 bits per heavy atom. The summed E-state index contributed by atoms with van der Waals surface area (Å²) < 4.78 is 16.8. The van der Waals surface area contributed by atoms with Crippen molar-refractivity contribution in [2.24, 2.45) is 0 Å². The van der Waals surface area contributed by atoms with Gasteiger partial charge in [-0.1, -0.05) is 50.5 Å². The van der Waals surface area contributed by atoms with E-state index in [2.05, 4.69) is 6.92 Å². The molecule has 2 atom stereocenters. The van der Waals surface area contributed by atoms with Crippen LogP contribution in [0.1, 0.15) is 62.7 Å². The first-order chi connectivity index (χ1) is 14.2. The van der Waals surface area contributed by atoms with Gasteiger partial charge in [0.15, 0.2) is 0 Å². The molecule has 2 aromatic rings. The molecule has 0 radical (unpaired) electrons. The number of ether oxygens (including phenoxy) is 3. The van der Waals surface area contributed by atoms with Gasteiger partial charge in [0.1, 0.15) is 11.9 Å². The van der Waals surface area contributed by atoms with Crippen molar-refractivity contribution < 1.29 is 19.0 Å². The Morgan fingerprint density at radius 2 is 1.72 bits per heavy atom. The van der Waals surface area contributed by atoms with E-state index in [9.17, 15) is 4.79 Å². The molecule has 0 bridgehead atoms. The van der Waals surface area contributed by atoms with Gasteiger partial charge < -0.3 is 14.2 Å². The second kappa shape index (κ2) is 11.0. The molecule has 0 aromatic heterocycles. The second-order valence-electron chi connectivity index (χ2n) is 7.77. The summed E-state index contributed by atoms with van der Waals surface area (Å²) in [7, 11) is 0. The summed E-state index contributed by atoms with van der Waals surface area (Å²) in [5, 5.41) is 0. The van der Waals surface area contributed by atoms with Crippen LogP contribution in [0.4, 0.5) is 0 Å². The first-order valence-corrected chi connectivity index (χ1v) is 10.8. The molecule has 1 saturated heterocycles. The first-order valence-electron chi connectivity index (χ1n) is 10.8. The maximum Gasteiger partial charge on any atom is 0.338 e. The monoisotopic (exact) mass is 396 g/mol. The van der Waals surface area contributed by atoms with Crippen LogP contribution in [-0.4, -0.2) is 31.4 Å². The van der Waals surface area contributed by atoms with Crippen molar-refractivity contribution >= 4 is 5.97 Å². The SMILES string of the molecule is CCCCCC[C@@H](C)OC(=O)c1ccc(-c2ccc(O[C@@H]3CCOC3)cc2)cc1. The fraction of sp³-hybridized carbons (Fsp3) is 0.480. The van der Waals surface area contributed by atoms with E-state index in [1.807, 2.05) is 55.5 Å². The van der Waals surface area contributed by atoms with Crippen molar-refractivity contribution in [2.45, 2.75) is 64.6 Å². The molecule has 1 heterocycles. The van der Waals surface area contributed by atoms with Crippen LogP contribution in [0.5, 0.6) is 5.75 Å². The van der Waals surface area contributed by atoms with Crippen LogP contribution in [0.15, 0.2) is 48.5 Å². The third-order valence-corrected chi connectivity index (χ3v) is 5.27. The van der Waals surface area contributed by atoms with Crippen LogP contribution >= 0.6 is 0 Å². The summed E-state index contributed by atoms with van der Waals surface area (Å²) in [5.41, 5.74) is 2.74. The Labute approximate surface area is 174 Å². The molecule has 0 saturated carbocycles. The predicted octanol–water partition coefficient (Wildman–Crippen LogP) is 6.04. The lowest BCUT2D eigenvalue weighted by Crippen LogP contribution is -2.15. The Morgan fingerprint density at radius 1 is 1.03 bits per heavy atom. The zero-order chi connectivity index (χ0) is 20.5. The van der Waals surface area contributed by atoms with Gasteiger partial charge in [0.2, 0.25) is 0 Å². The van der Waals surface area contributed by atoms with E-state index in [4.69, 9.17) is 14.2 Å². The highest BCUT2D eigenvalue weighted by molar-refractivity contribution is 5.90. The molecule has 3 rings (SSSR count). The number of rotatable bonds is 10. The summed E-state index contributed by atoms with van der Waals surface area (Å²) in [6.07, 6.45) is 6.73. The third-order valence-electron chi connectivity index (χ3n) is 5.27. The minimum absolute atomic E-state index is 0.0446. The summed E-state index contributed by atoms with van der Waals surface area (Å²) in [6, 6.07) is 15.6.